The van der Waals surface area contributed by atoms with E-state index in [-0.39, 0.29) is 5.91 Å². The molecule has 2 heterocycles. The minimum absolute atomic E-state index is 0.0617. The Morgan fingerprint density at radius 2 is 2.24 bits per heavy atom. The van der Waals surface area contributed by atoms with Crippen molar-refractivity contribution in [2.45, 2.75) is 32.1 Å². The largest absolute Gasteiger partial charge is 0.341 e. The Morgan fingerprint density at radius 1 is 1.48 bits per heavy atom. The normalized spacial score (nSPS) is 10.9. The molecule has 0 aliphatic carbocycles. The van der Waals surface area contributed by atoms with Crippen molar-refractivity contribution in [2.24, 2.45) is 7.05 Å². The summed E-state index contributed by atoms with van der Waals surface area (Å²) < 4.78 is 3.69. The number of hydrogen-bond acceptors (Lipinski definition) is 5. The van der Waals surface area contributed by atoms with E-state index in [1.54, 1.807) is 15.8 Å². The van der Waals surface area contributed by atoms with Crippen LogP contribution in [0.5, 0.6) is 0 Å². The Kier molecular flexibility index (Phi) is 5.00. The number of amides is 1. The average molecular weight is 308 g/mol. The first-order valence-corrected chi connectivity index (χ1v) is 7.73. The monoisotopic (exact) mass is 308 g/mol. The van der Waals surface area contributed by atoms with Gasteiger partial charge in [-0.15, -0.1) is 10.2 Å². The van der Waals surface area contributed by atoms with Crippen LogP contribution in [0.15, 0.2) is 17.7 Å². The van der Waals surface area contributed by atoms with Crippen LogP contribution in [0.2, 0.25) is 0 Å². The molecule has 2 rings (SSSR count). The lowest BCUT2D eigenvalue weighted by atomic mass is 10.2. The zero-order valence-electron chi connectivity index (χ0n) is 12.8. The minimum Gasteiger partial charge on any atom is -0.341 e. The van der Waals surface area contributed by atoms with Crippen LogP contribution >= 0.6 is 11.8 Å². The van der Waals surface area contributed by atoms with E-state index in [4.69, 9.17) is 0 Å². The number of nitrogens with zero attached hydrogens (tertiary/aromatic N) is 6. The van der Waals surface area contributed by atoms with Crippen molar-refractivity contribution < 1.29 is 4.79 Å². The molecule has 0 N–H and O–H groups in total. The van der Waals surface area contributed by atoms with Gasteiger partial charge in [0, 0.05) is 38.9 Å². The number of aryl methyl sites for hydroxylation is 3. The molecule has 0 saturated heterocycles. The van der Waals surface area contributed by atoms with Gasteiger partial charge in [0.25, 0.3) is 0 Å². The van der Waals surface area contributed by atoms with E-state index in [0.29, 0.717) is 12.3 Å². The van der Waals surface area contributed by atoms with Crippen LogP contribution in [-0.2, 0) is 24.9 Å². The third-order valence-electron chi connectivity index (χ3n) is 3.20. The Hall–Kier alpha value is -1.83. The Balaban J connectivity index is 1.90. The maximum absolute atomic E-state index is 12.2. The molecule has 0 bridgehead atoms. The average Bonchev–Trinajstić information content (AvgIpc) is 3.02. The summed E-state index contributed by atoms with van der Waals surface area (Å²) in [4.78, 5) is 13.9. The second kappa shape index (κ2) is 6.75. The van der Waals surface area contributed by atoms with Crippen molar-refractivity contribution in [3.63, 3.8) is 0 Å². The third-order valence-corrected chi connectivity index (χ3v) is 4.22. The maximum atomic E-state index is 12.2. The summed E-state index contributed by atoms with van der Waals surface area (Å²) in [5.74, 6) is 0.413. The fraction of sp³-hybridized carbons (Fsp3) is 0.538. The molecule has 0 saturated carbocycles. The molecule has 0 fully saturated rings. The molecule has 0 unspecified atom stereocenters. The molecular weight excluding hydrogens is 288 g/mol. The Bertz CT molecular complexity index is 620. The third kappa shape index (κ3) is 3.84. The summed E-state index contributed by atoms with van der Waals surface area (Å²) in [6.45, 7) is 5.42. The summed E-state index contributed by atoms with van der Waals surface area (Å²) in [5, 5.41) is 12.9. The number of hydrogen-bond donors (Lipinski definition) is 0. The highest BCUT2D eigenvalue weighted by atomic mass is 32.2. The topological polar surface area (TPSA) is 68.8 Å². The van der Waals surface area contributed by atoms with Crippen LogP contribution in [-0.4, -0.2) is 48.2 Å². The van der Waals surface area contributed by atoms with E-state index in [1.807, 2.05) is 38.8 Å². The SMILES string of the molecule is CCn1cc(CN(C)C(=O)CSc2nncn2C)c(C)n1. The lowest BCUT2D eigenvalue weighted by Crippen LogP contribution is -2.28. The van der Waals surface area contributed by atoms with Gasteiger partial charge in [0.05, 0.1) is 11.4 Å². The van der Waals surface area contributed by atoms with Crippen LogP contribution in [0.1, 0.15) is 18.2 Å². The zero-order valence-corrected chi connectivity index (χ0v) is 13.6. The molecule has 0 atom stereocenters. The quantitative estimate of drug-likeness (QED) is 0.747. The molecule has 114 valence electrons. The number of thioether (sulfide) groups is 1. The predicted molar refractivity (Wildman–Crippen MR) is 80.8 cm³/mol. The van der Waals surface area contributed by atoms with Crippen LogP contribution in [0.25, 0.3) is 0 Å². The summed E-state index contributed by atoms with van der Waals surface area (Å²) in [6.07, 6.45) is 3.62. The summed E-state index contributed by atoms with van der Waals surface area (Å²) in [6, 6.07) is 0. The highest BCUT2D eigenvalue weighted by molar-refractivity contribution is 7.99. The van der Waals surface area contributed by atoms with Gasteiger partial charge in [-0.1, -0.05) is 11.8 Å². The molecule has 2 aromatic heterocycles. The maximum Gasteiger partial charge on any atom is 0.233 e. The van der Waals surface area contributed by atoms with Gasteiger partial charge in [0.2, 0.25) is 5.91 Å². The fourth-order valence-electron chi connectivity index (χ4n) is 1.86. The highest BCUT2D eigenvalue weighted by Gasteiger charge is 2.14. The summed E-state index contributed by atoms with van der Waals surface area (Å²) in [7, 11) is 3.67. The van der Waals surface area contributed by atoms with Gasteiger partial charge in [0.1, 0.15) is 6.33 Å². The van der Waals surface area contributed by atoms with Gasteiger partial charge in [-0.2, -0.15) is 5.10 Å². The molecule has 8 heteroatoms. The molecule has 0 aliphatic heterocycles. The molecule has 0 spiro atoms. The number of aromatic nitrogens is 5. The van der Waals surface area contributed by atoms with Gasteiger partial charge in [-0.3, -0.25) is 9.48 Å². The van der Waals surface area contributed by atoms with Crippen molar-refractivity contribution in [3.8, 4) is 0 Å². The predicted octanol–water partition coefficient (Wildman–Crippen LogP) is 1.09. The summed E-state index contributed by atoms with van der Waals surface area (Å²) in [5.41, 5.74) is 2.05. The lowest BCUT2D eigenvalue weighted by molar-refractivity contribution is -0.127. The molecule has 7 nitrogen and oxygen atoms in total. The van der Waals surface area contributed by atoms with Crippen LogP contribution in [0, 0.1) is 6.92 Å². The van der Waals surface area contributed by atoms with E-state index in [0.717, 1.165) is 23.0 Å². The number of carbonyl (C=O) groups is 1. The van der Waals surface area contributed by atoms with Gasteiger partial charge in [-0.25, -0.2) is 0 Å². The van der Waals surface area contributed by atoms with E-state index in [1.165, 1.54) is 11.8 Å². The fourth-order valence-corrected chi connectivity index (χ4v) is 2.69. The van der Waals surface area contributed by atoms with E-state index in [2.05, 4.69) is 15.3 Å². The van der Waals surface area contributed by atoms with E-state index in [9.17, 15) is 4.79 Å². The van der Waals surface area contributed by atoms with Gasteiger partial charge in [-0.05, 0) is 13.8 Å². The number of carbonyl (C=O) groups excluding carboxylic acids is 1. The minimum atomic E-state index is 0.0617. The van der Waals surface area contributed by atoms with E-state index < -0.39 is 0 Å². The second-order valence-electron chi connectivity index (χ2n) is 4.86. The van der Waals surface area contributed by atoms with Crippen molar-refractivity contribution in [1.82, 2.24) is 29.4 Å². The Labute approximate surface area is 128 Å². The van der Waals surface area contributed by atoms with Crippen molar-refractivity contribution in [1.29, 1.82) is 0 Å². The standard InChI is InChI=1S/C13H20N6OS/c1-5-19-7-11(10(2)16-19)6-17(3)12(20)8-21-13-15-14-9-18(13)4/h7,9H,5-6,8H2,1-4H3. The molecule has 0 radical (unpaired) electrons. The first-order valence-electron chi connectivity index (χ1n) is 6.75. The molecule has 0 aromatic carbocycles. The summed E-state index contributed by atoms with van der Waals surface area (Å²) >= 11 is 1.39. The highest BCUT2D eigenvalue weighted by Crippen LogP contribution is 2.15. The van der Waals surface area contributed by atoms with Gasteiger partial charge < -0.3 is 9.47 Å². The molecule has 21 heavy (non-hydrogen) atoms. The van der Waals surface area contributed by atoms with Crippen LogP contribution in [0.4, 0.5) is 0 Å². The first kappa shape index (κ1) is 15.6. The van der Waals surface area contributed by atoms with Crippen molar-refractivity contribution in [3.05, 3.63) is 23.8 Å². The smallest absolute Gasteiger partial charge is 0.233 e. The molecule has 0 aliphatic rings. The molecule has 1 amide bonds. The van der Waals surface area contributed by atoms with Gasteiger partial charge in [0.15, 0.2) is 5.16 Å². The lowest BCUT2D eigenvalue weighted by Gasteiger charge is -2.16. The zero-order chi connectivity index (χ0) is 15.4. The van der Waals surface area contributed by atoms with Crippen molar-refractivity contribution >= 4 is 17.7 Å². The molecular formula is C13H20N6OS. The van der Waals surface area contributed by atoms with Crippen molar-refractivity contribution in [2.75, 3.05) is 12.8 Å². The Morgan fingerprint density at radius 3 is 2.81 bits per heavy atom. The van der Waals surface area contributed by atoms with E-state index >= 15 is 0 Å². The molecule has 2 aromatic rings. The first-order chi connectivity index (χ1) is 10.0. The second-order valence-corrected chi connectivity index (χ2v) is 5.80. The van der Waals surface area contributed by atoms with Gasteiger partial charge >= 0.3 is 0 Å². The van der Waals surface area contributed by atoms with Crippen LogP contribution in [0.3, 0.4) is 0 Å². The van der Waals surface area contributed by atoms with Crippen LogP contribution < -0.4 is 0 Å². The number of rotatable bonds is 6.